The van der Waals surface area contributed by atoms with Gasteiger partial charge < -0.3 is 14.2 Å². The van der Waals surface area contributed by atoms with Crippen LogP contribution in [0.15, 0.2) is 47.4 Å². The molecule has 170 valence electrons. The fourth-order valence-corrected chi connectivity index (χ4v) is 4.29. The Kier molecular flexibility index (Phi) is 7.85. The Hall–Kier alpha value is -2.51. The summed E-state index contributed by atoms with van der Waals surface area (Å²) in [6, 6.07) is 13.8. The van der Waals surface area contributed by atoms with E-state index in [9.17, 15) is 4.79 Å². The number of para-hydroxylation sites is 1. The lowest BCUT2D eigenvalue weighted by Crippen LogP contribution is -2.22. The molecular weight excluding hydrogens is 442 g/mol. The minimum Gasteiger partial charge on any atom is -0.493 e. The summed E-state index contributed by atoms with van der Waals surface area (Å²) >= 11 is 6.50. The summed E-state index contributed by atoms with van der Waals surface area (Å²) in [6.45, 7) is 7.56. The smallest absolute Gasteiger partial charge is 0.265 e. The zero-order chi connectivity index (χ0) is 23.3. The van der Waals surface area contributed by atoms with E-state index in [1.807, 2.05) is 30.3 Å². The minimum absolute atomic E-state index is 0.111. The molecule has 1 fully saturated rings. The number of ether oxygens (including phenoxy) is 3. The van der Waals surface area contributed by atoms with Crippen molar-refractivity contribution in [2.75, 3.05) is 27.4 Å². The highest BCUT2D eigenvalue weighted by Gasteiger charge is 2.29. The Morgan fingerprint density at radius 2 is 1.75 bits per heavy atom. The first-order valence-electron chi connectivity index (χ1n) is 10.5. The number of thioether (sulfide) groups is 1. The Balaban J connectivity index is 1.60. The van der Waals surface area contributed by atoms with Crippen molar-refractivity contribution in [3.05, 3.63) is 58.5 Å². The normalized spacial score (nSPS) is 15.4. The van der Waals surface area contributed by atoms with Crippen molar-refractivity contribution >= 4 is 40.3 Å². The first-order valence-corrected chi connectivity index (χ1v) is 11.7. The molecule has 0 N–H and O–H groups in total. The molecule has 2 aromatic carbocycles. The molecule has 7 heteroatoms. The topological polar surface area (TPSA) is 48.0 Å². The maximum Gasteiger partial charge on any atom is 0.265 e. The Morgan fingerprint density at radius 1 is 1.06 bits per heavy atom. The third-order valence-electron chi connectivity index (χ3n) is 5.03. The summed E-state index contributed by atoms with van der Waals surface area (Å²) in [4.78, 5) is 14.4. The number of amides is 1. The van der Waals surface area contributed by atoms with Crippen LogP contribution in [0, 0.1) is 0 Å². The molecule has 1 amide bonds. The van der Waals surface area contributed by atoms with E-state index in [1.54, 1.807) is 20.2 Å². The fourth-order valence-electron chi connectivity index (χ4n) is 3.12. The summed E-state index contributed by atoms with van der Waals surface area (Å²) in [5.74, 6) is 1.95. The molecule has 0 unspecified atom stereocenters. The van der Waals surface area contributed by atoms with Gasteiger partial charge in [-0.15, -0.1) is 0 Å². The number of rotatable bonds is 8. The van der Waals surface area contributed by atoms with Crippen molar-refractivity contribution in [1.82, 2.24) is 4.90 Å². The molecule has 3 rings (SSSR count). The molecule has 1 heterocycles. The lowest BCUT2D eigenvalue weighted by molar-refractivity contribution is -0.121. The molecule has 0 aliphatic carbocycles. The molecule has 0 saturated carbocycles. The van der Waals surface area contributed by atoms with E-state index in [2.05, 4.69) is 32.9 Å². The van der Waals surface area contributed by atoms with Gasteiger partial charge >= 0.3 is 0 Å². The van der Waals surface area contributed by atoms with Crippen molar-refractivity contribution in [2.24, 2.45) is 0 Å². The van der Waals surface area contributed by atoms with E-state index >= 15 is 0 Å². The van der Waals surface area contributed by atoms with Gasteiger partial charge in [0, 0.05) is 19.0 Å². The molecule has 1 saturated heterocycles. The number of nitrogens with zero attached hydrogens (tertiary/aromatic N) is 1. The van der Waals surface area contributed by atoms with E-state index in [0.29, 0.717) is 40.4 Å². The molecule has 0 bridgehead atoms. The Labute approximate surface area is 199 Å². The number of methoxy groups -OCH3 is 1. The second kappa shape index (κ2) is 10.4. The average Bonchev–Trinajstić information content (AvgIpc) is 3.00. The second-order valence-electron chi connectivity index (χ2n) is 8.44. The van der Waals surface area contributed by atoms with Gasteiger partial charge in [-0.1, -0.05) is 69.0 Å². The minimum atomic E-state index is -0.111. The Morgan fingerprint density at radius 3 is 2.34 bits per heavy atom. The summed E-state index contributed by atoms with van der Waals surface area (Å²) in [5, 5.41) is 0. The molecule has 0 atom stereocenters. The van der Waals surface area contributed by atoms with Gasteiger partial charge in [0.25, 0.3) is 5.91 Å². The average molecular weight is 472 g/mol. The van der Waals surface area contributed by atoms with Gasteiger partial charge in [0.15, 0.2) is 11.5 Å². The standard InChI is InChI=1S/C25H29NO4S2/c1-25(2,3)18-10-12-19(13-11-18)29-14-7-15-30-22-17(8-6-9-20(22)28-5)16-21-23(27)26(4)24(31)32-21/h6,8-13,16H,7,14-15H2,1-5H3. The van der Waals surface area contributed by atoms with E-state index in [0.717, 1.165) is 11.3 Å². The van der Waals surface area contributed by atoms with Crippen LogP contribution in [-0.4, -0.2) is 42.5 Å². The highest BCUT2D eigenvalue weighted by Crippen LogP contribution is 2.37. The van der Waals surface area contributed by atoms with Gasteiger partial charge in [0.2, 0.25) is 0 Å². The molecular formula is C25H29NO4S2. The third-order valence-corrected chi connectivity index (χ3v) is 6.51. The van der Waals surface area contributed by atoms with Gasteiger partial charge in [-0.25, -0.2) is 0 Å². The van der Waals surface area contributed by atoms with E-state index in [4.69, 9.17) is 26.4 Å². The highest BCUT2D eigenvalue weighted by atomic mass is 32.2. The van der Waals surface area contributed by atoms with Crippen molar-refractivity contribution in [3.63, 3.8) is 0 Å². The van der Waals surface area contributed by atoms with Crippen molar-refractivity contribution < 1.29 is 19.0 Å². The van der Waals surface area contributed by atoms with Crippen LogP contribution in [0.5, 0.6) is 17.2 Å². The highest BCUT2D eigenvalue weighted by molar-refractivity contribution is 8.26. The van der Waals surface area contributed by atoms with Gasteiger partial charge in [-0.05, 0) is 35.3 Å². The van der Waals surface area contributed by atoms with Crippen molar-refractivity contribution in [1.29, 1.82) is 0 Å². The SMILES string of the molecule is COc1cccc(C=C2SC(=S)N(C)C2=O)c1OCCCOc1ccc(C(C)(C)C)cc1. The third kappa shape index (κ3) is 5.84. The molecule has 1 aliphatic rings. The largest absolute Gasteiger partial charge is 0.493 e. The number of benzene rings is 2. The summed E-state index contributed by atoms with van der Waals surface area (Å²) in [5.41, 5.74) is 2.17. The molecule has 0 radical (unpaired) electrons. The van der Waals surface area contributed by atoms with Crippen LogP contribution in [0.4, 0.5) is 0 Å². The predicted octanol–water partition coefficient (Wildman–Crippen LogP) is 5.67. The van der Waals surface area contributed by atoms with E-state index in [-0.39, 0.29) is 11.3 Å². The van der Waals surface area contributed by atoms with E-state index in [1.165, 1.54) is 22.2 Å². The molecule has 1 aliphatic heterocycles. The van der Waals surface area contributed by atoms with Crippen molar-refractivity contribution in [2.45, 2.75) is 32.6 Å². The van der Waals surface area contributed by atoms with Crippen LogP contribution in [0.3, 0.4) is 0 Å². The quantitative estimate of drug-likeness (QED) is 0.281. The van der Waals surface area contributed by atoms with Gasteiger partial charge in [-0.3, -0.25) is 9.69 Å². The van der Waals surface area contributed by atoms with Crippen LogP contribution in [0.25, 0.3) is 6.08 Å². The summed E-state index contributed by atoms with van der Waals surface area (Å²) in [7, 11) is 3.28. The van der Waals surface area contributed by atoms with Gasteiger partial charge in [0.1, 0.15) is 10.1 Å². The maximum absolute atomic E-state index is 12.4. The molecule has 0 aromatic heterocycles. The number of thiocarbonyl (C=S) groups is 1. The zero-order valence-corrected chi connectivity index (χ0v) is 20.8. The number of likely N-dealkylation sites (N-methyl/N-ethyl adjacent to an activating group) is 1. The van der Waals surface area contributed by atoms with Crippen molar-refractivity contribution in [3.8, 4) is 17.2 Å². The molecule has 32 heavy (non-hydrogen) atoms. The Bertz CT molecular complexity index is 1010. The van der Waals surface area contributed by atoms with Crippen LogP contribution < -0.4 is 14.2 Å². The number of hydrogen-bond acceptors (Lipinski definition) is 6. The van der Waals surface area contributed by atoms with Crippen LogP contribution in [0.2, 0.25) is 0 Å². The first-order chi connectivity index (χ1) is 15.2. The van der Waals surface area contributed by atoms with E-state index < -0.39 is 0 Å². The number of carbonyl (C=O) groups is 1. The summed E-state index contributed by atoms with van der Waals surface area (Å²) in [6.07, 6.45) is 2.50. The van der Waals surface area contributed by atoms with Gasteiger partial charge in [-0.2, -0.15) is 0 Å². The second-order valence-corrected chi connectivity index (χ2v) is 10.1. The van der Waals surface area contributed by atoms with Crippen LogP contribution in [-0.2, 0) is 10.2 Å². The molecule has 0 spiro atoms. The lowest BCUT2D eigenvalue weighted by Gasteiger charge is -2.19. The zero-order valence-electron chi connectivity index (χ0n) is 19.1. The first kappa shape index (κ1) is 24.1. The monoisotopic (exact) mass is 471 g/mol. The summed E-state index contributed by atoms with van der Waals surface area (Å²) < 4.78 is 17.9. The molecule has 5 nitrogen and oxygen atoms in total. The predicted molar refractivity (Wildman–Crippen MR) is 135 cm³/mol. The number of hydrogen-bond donors (Lipinski definition) is 0. The van der Waals surface area contributed by atoms with Crippen LogP contribution >= 0.6 is 24.0 Å². The maximum atomic E-state index is 12.4. The fraction of sp³-hybridized carbons (Fsp3) is 0.360. The molecule has 2 aromatic rings. The van der Waals surface area contributed by atoms with Crippen LogP contribution in [0.1, 0.15) is 38.3 Å². The lowest BCUT2D eigenvalue weighted by atomic mass is 9.87. The van der Waals surface area contributed by atoms with Gasteiger partial charge in [0.05, 0.1) is 25.2 Å². The number of carbonyl (C=O) groups excluding carboxylic acids is 1.